The second kappa shape index (κ2) is 50.2. The van der Waals surface area contributed by atoms with E-state index in [0.717, 1.165) is 103 Å². The summed E-state index contributed by atoms with van der Waals surface area (Å²) in [7, 11) is 0. The summed E-state index contributed by atoms with van der Waals surface area (Å²) in [4.78, 5) is 37.9. The molecule has 0 heterocycles. The predicted molar refractivity (Wildman–Crippen MR) is 265 cm³/mol. The zero-order valence-electron chi connectivity index (χ0n) is 40.4. The standard InChI is InChI=1S/C56H94O6/c1-4-7-10-13-16-19-22-25-27-29-31-34-37-40-43-46-49-55(58)61-52-53(51-60-54(57)48-45-42-39-36-33-30-24-21-18-15-12-9-6-3)62-56(59)50-47-44-41-38-35-32-28-26-23-20-17-14-11-8-5-2/h9,12,18-19,21-22,26-30,33,39,42,53H,4-8,10-11,13-17,20,23-25,31-32,34-38,40-41,43-52H2,1-3H3/b12-9-,21-18-,22-19-,28-26-,29-27-,33-30-,42-39-. The molecule has 62 heavy (non-hydrogen) atoms. The van der Waals surface area contributed by atoms with Gasteiger partial charge in [0.1, 0.15) is 13.2 Å². The highest BCUT2D eigenvalue weighted by atomic mass is 16.6. The van der Waals surface area contributed by atoms with Crippen LogP contribution in [0.1, 0.15) is 233 Å². The lowest BCUT2D eigenvalue weighted by Gasteiger charge is -2.18. The normalized spacial score (nSPS) is 12.8. The Hall–Kier alpha value is -3.41. The van der Waals surface area contributed by atoms with Crippen molar-refractivity contribution < 1.29 is 28.6 Å². The zero-order valence-corrected chi connectivity index (χ0v) is 40.4. The molecule has 0 N–H and O–H groups in total. The molecule has 0 aliphatic rings. The lowest BCUT2D eigenvalue weighted by molar-refractivity contribution is -0.166. The summed E-state index contributed by atoms with van der Waals surface area (Å²) in [6, 6.07) is 0. The van der Waals surface area contributed by atoms with Gasteiger partial charge >= 0.3 is 17.9 Å². The van der Waals surface area contributed by atoms with Crippen molar-refractivity contribution in [3.8, 4) is 0 Å². The molecule has 0 aliphatic heterocycles. The molecule has 0 aromatic rings. The Morgan fingerprint density at radius 1 is 0.339 bits per heavy atom. The Morgan fingerprint density at radius 3 is 1.11 bits per heavy atom. The molecule has 1 unspecified atom stereocenters. The average molecular weight is 863 g/mol. The molecule has 0 saturated carbocycles. The first-order valence-electron chi connectivity index (χ1n) is 25.6. The molecule has 0 radical (unpaired) electrons. The van der Waals surface area contributed by atoms with Gasteiger partial charge in [0, 0.05) is 19.3 Å². The third kappa shape index (κ3) is 47.6. The smallest absolute Gasteiger partial charge is 0.306 e. The van der Waals surface area contributed by atoms with Crippen LogP contribution in [0.25, 0.3) is 0 Å². The molecule has 354 valence electrons. The Bertz CT molecular complexity index is 1220. The molecule has 0 aromatic heterocycles. The molecule has 6 heteroatoms. The number of carbonyl (C=O) groups is 3. The van der Waals surface area contributed by atoms with Crippen molar-refractivity contribution in [1.29, 1.82) is 0 Å². The molecular formula is C56H94O6. The summed E-state index contributed by atoms with van der Waals surface area (Å²) in [6.45, 7) is 6.41. The molecule has 0 saturated heterocycles. The fourth-order valence-electron chi connectivity index (χ4n) is 6.77. The van der Waals surface area contributed by atoms with Gasteiger partial charge in [0.25, 0.3) is 0 Å². The highest BCUT2D eigenvalue weighted by Crippen LogP contribution is 2.13. The number of rotatable bonds is 45. The molecule has 0 amide bonds. The third-order valence-electron chi connectivity index (χ3n) is 10.6. The van der Waals surface area contributed by atoms with Crippen molar-refractivity contribution in [2.24, 2.45) is 0 Å². The maximum atomic E-state index is 12.8. The highest BCUT2D eigenvalue weighted by Gasteiger charge is 2.19. The Labute approximate surface area is 382 Å². The van der Waals surface area contributed by atoms with Gasteiger partial charge in [-0.15, -0.1) is 0 Å². The third-order valence-corrected chi connectivity index (χ3v) is 10.6. The molecular weight excluding hydrogens is 769 g/mol. The molecule has 0 bridgehead atoms. The van der Waals surface area contributed by atoms with Crippen LogP contribution in [0.15, 0.2) is 85.1 Å². The van der Waals surface area contributed by atoms with Crippen molar-refractivity contribution in [3.63, 3.8) is 0 Å². The summed E-state index contributed by atoms with van der Waals surface area (Å²) < 4.78 is 16.7. The fraction of sp³-hybridized carbons (Fsp3) is 0.696. The molecule has 0 rings (SSSR count). The van der Waals surface area contributed by atoms with Gasteiger partial charge in [0.05, 0.1) is 0 Å². The van der Waals surface area contributed by atoms with E-state index in [0.29, 0.717) is 19.3 Å². The van der Waals surface area contributed by atoms with Crippen LogP contribution in [0, 0.1) is 0 Å². The molecule has 1 atom stereocenters. The number of carbonyl (C=O) groups excluding carboxylic acids is 3. The van der Waals surface area contributed by atoms with Gasteiger partial charge in [0.15, 0.2) is 6.10 Å². The largest absolute Gasteiger partial charge is 0.462 e. The lowest BCUT2D eigenvalue weighted by atomic mass is 10.1. The van der Waals surface area contributed by atoms with Crippen LogP contribution in [0.3, 0.4) is 0 Å². The Balaban J connectivity index is 4.50. The Morgan fingerprint density at radius 2 is 0.661 bits per heavy atom. The quantitative estimate of drug-likeness (QED) is 0.0263. The lowest BCUT2D eigenvalue weighted by Crippen LogP contribution is -2.30. The first-order valence-corrected chi connectivity index (χ1v) is 25.6. The predicted octanol–water partition coefficient (Wildman–Crippen LogP) is 16.8. The second-order valence-electron chi connectivity index (χ2n) is 16.7. The van der Waals surface area contributed by atoms with Crippen molar-refractivity contribution in [2.75, 3.05) is 13.2 Å². The van der Waals surface area contributed by atoms with E-state index in [-0.39, 0.29) is 37.5 Å². The van der Waals surface area contributed by atoms with E-state index < -0.39 is 6.10 Å². The van der Waals surface area contributed by atoms with Gasteiger partial charge in [-0.25, -0.2) is 0 Å². The summed E-state index contributed by atoms with van der Waals surface area (Å²) in [5, 5.41) is 0. The maximum absolute atomic E-state index is 12.8. The summed E-state index contributed by atoms with van der Waals surface area (Å²) in [5.41, 5.74) is 0. The zero-order chi connectivity index (χ0) is 45.1. The van der Waals surface area contributed by atoms with Crippen LogP contribution >= 0.6 is 0 Å². The fourth-order valence-corrected chi connectivity index (χ4v) is 6.77. The minimum absolute atomic E-state index is 0.110. The highest BCUT2D eigenvalue weighted by molar-refractivity contribution is 5.71. The monoisotopic (exact) mass is 863 g/mol. The molecule has 0 aliphatic carbocycles. The number of ether oxygens (including phenoxy) is 3. The molecule has 0 spiro atoms. The number of esters is 3. The number of allylic oxidation sites excluding steroid dienone is 14. The second-order valence-corrected chi connectivity index (χ2v) is 16.7. The molecule has 6 nitrogen and oxygen atoms in total. The van der Waals surface area contributed by atoms with E-state index in [9.17, 15) is 14.4 Å². The molecule has 0 fully saturated rings. The van der Waals surface area contributed by atoms with Gasteiger partial charge in [-0.3, -0.25) is 14.4 Å². The average Bonchev–Trinajstić information content (AvgIpc) is 3.27. The topological polar surface area (TPSA) is 78.9 Å². The summed E-state index contributed by atoms with van der Waals surface area (Å²) >= 11 is 0. The van der Waals surface area contributed by atoms with Crippen LogP contribution in [0.4, 0.5) is 0 Å². The van der Waals surface area contributed by atoms with Crippen molar-refractivity contribution in [2.45, 2.75) is 239 Å². The SMILES string of the molecule is CC/C=C\C/C=C\C/C=C\C/C=C\CCC(=O)OCC(COC(=O)CCCCCCC/C=C\C/C=C\CCCCCC)OC(=O)CCCCCCC/C=C\CCCCCCCC. The van der Waals surface area contributed by atoms with Gasteiger partial charge in [-0.1, -0.05) is 196 Å². The minimum Gasteiger partial charge on any atom is -0.462 e. The molecule has 0 aromatic carbocycles. The summed E-state index contributed by atoms with van der Waals surface area (Å²) in [6.07, 6.45) is 64.3. The van der Waals surface area contributed by atoms with Gasteiger partial charge in [-0.05, 0) is 103 Å². The summed E-state index contributed by atoms with van der Waals surface area (Å²) in [5.74, 6) is -1.02. The first-order chi connectivity index (χ1) is 30.5. The Kier molecular flexibility index (Phi) is 47.5. The van der Waals surface area contributed by atoms with Crippen LogP contribution < -0.4 is 0 Å². The number of unbranched alkanes of at least 4 members (excludes halogenated alkanes) is 20. The van der Waals surface area contributed by atoms with Crippen LogP contribution in [-0.2, 0) is 28.6 Å². The number of hydrogen-bond donors (Lipinski definition) is 0. The van der Waals surface area contributed by atoms with Gasteiger partial charge in [0.2, 0.25) is 0 Å². The van der Waals surface area contributed by atoms with Gasteiger partial charge in [-0.2, -0.15) is 0 Å². The van der Waals surface area contributed by atoms with E-state index in [1.165, 1.54) is 83.5 Å². The van der Waals surface area contributed by atoms with Crippen molar-refractivity contribution in [1.82, 2.24) is 0 Å². The van der Waals surface area contributed by atoms with E-state index in [2.05, 4.69) is 93.7 Å². The maximum Gasteiger partial charge on any atom is 0.306 e. The van der Waals surface area contributed by atoms with E-state index in [1.807, 2.05) is 12.2 Å². The van der Waals surface area contributed by atoms with E-state index >= 15 is 0 Å². The van der Waals surface area contributed by atoms with Crippen LogP contribution in [-0.4, -0.2) is 37.2 Å². The van der Waals surface area contributed by atoms with Gasteiger partial charge < -0.3 is 14.2 Å². The van der Waals surface area contributed by atoms with Crippen LogP contribution in [0.5, 0.6) is 0 Å². The van der Waals surface area contributed by atoms with E-state index in [4.69, 9.17) is 14.2 Å². The van der Waals surface area contributed by atoms with E-state index in [1.54, 1.807) is 0 Å². The van der Waals surface area contributed by atoms with Crippen molar-refractivity contribution in [3.05, 3.63) is 85.1 Å². The van der Waals surface area contributed by atoms with Crippen molar-refractivity contribution >= 4 is 17.9 Å². The minimum atomic E-state index is -0.815. The van der Waals surface area contributed by atoms with Crippen LogP contribution in [0.2, 0.25) is 0 Å². The number of hydrogen-bond acceptors (Lipinski definition) is 6. The first kappa shape index (κ1) is 58.6.